The fourth-order valence-corrected chi connectivity index (χ4v) is 2.66. The second kappa shape index (κ2) is 5.88. The molecule has 0 aliphatic carbocycles. The summed E-state index contributed by atoms with van der Waals surface area (Å²) in [6.07, 6.45) is 3.08. The molecule has 1 saturated heterocycles. The summed E-state index contributed by atoms with van der Waals surface area (Å²) in [7, 11) is 0. The van der Waals surface area contributed by atoms with E-state index in [1.54, 1.807) is 23.1 Å². The Morgan fingerprint density at radius 3 is 2.48 bits per heavy atom. The largest absolute Gasteiger partial charge is 0.444 e. The summed E-state index contributed by atoms with van der Waals surface area (Å²) >= 11 is 0. The van der Waals surface area contributed by atoms with Crippen LogP contribution in [0.2, 0.25) is 0 Å². The van der Waals surface area contributed by atoms with Crippen LogP contribution in [0.1, 0.15) is 45.2 Å². The number of carbonyl (C=O) groups excluding carboxylic acids is 1. The van der Waals surface area contributed by atoms with Crippen molar-refractivity contribution in [2.75, 3.05) is 0 Å². The molecule has 0 N–H and O–H groups in total. The van der Waals surface area contributed by atoms with Crippen molar-refractivity contribution < 1.29 is 13.9 Å². The molecule has 0 radical (unpaired) electrons. The molecule has 0 spiro atoms. The van der Waals surface area contributed by atoms with Crippen molar-refractivity contribution in [1.29, 1.82) is 0 Å². The van der Waals surface area contributed by atoms with Gasteiger partial charge in [0.15, 0.2) is 0 Å². The van der Waals surface area contributed by atoms with Crippen molar-refractivity contribution in [3.63, 3.8) is 0 Å². The van der Waals surface area contributed by atoms with Crippen LogP contribution >= 0.6 is 0 Å². The van der Waals surface area contributed by atoms with Gasteiger partial charge in [0.25, 0.3) is 0 Å². The predicted octanol–water partition coefficient (Wildman–Crippen LogP) is 4.45. The molecule has 0 bridgehead atoms. The molecule has 0 saturated carbocycles. The Morgan fingerprint density at radius 1 is 1.33 bits per heavy atom. The third kappa shape index (κ3) is 3.63. The maximum atomic E-state index is 13.1. The van der Waals surface area contributed by atoms with Crippen molar-refractivity contribution in [2.45, 2.75) is 51.3 Å². The number of likely N-dealkylation sites (tertiary alicyclic amines) is 1. The number of nitrogens with zero attached hydrogens (tertiary/aromatic N) is 1. The number of rotatable bonds is 2. The monoisotopic (exact) mass is 291 g/mol. The van der Waals surface area contributed by atoms with Crippen LogP contribution in [0.5, 0.6) is 0 Å². The highest BCUT2D eigenvalue weighted by Gasteiger charge is 2.38. The molecular formula is C17H22FNO2. The van der Waals surface area contributed by atoms with Gasteiger partial charge in [-0.25, -0.2) is 9.18 Å². The highest BCUT2D eigenvalue weighted by molar-refractivity contribution is 5.70. The Kier molecular flexibility index (Phi) is 4.35. The molecule has 2 rings (SSSR count). The fourth-order valence-electron chi connectivity index (χ4n) is 2.66. The number of ether oxygens (including phenoxy) is 1. The summed E-state index contributed by atoms with van der Waals surface area (Å²) in [4.78, 5) is 14.2. The van der Waals surface area contributed by atoms with E-state index in [-0.39, 0.29) is 24.0 Å². The standard InChI is InChI=1S/C17H22FNO2/c1-5-14-10-11-15(12-6-8-13(18)9-7-12)19(14)16(20)21-17(2,3)4/h5-9,14-15H,1,10-11H2,2-4H3. The van der Waals surface area contributed by atoms with E-state index >= 15 is 0 Å². The van der Waals surface area contributed by atoms with Gasteiger partial charge in [0.2, 0.25) is 0 Å². The van der Waals surface area contributed by atoms with E-state index in [1.165, 1.54) is 12.1 Å². The zero-order valence-electron chi connectivity index (χ0n) is 12.8. The van der Waals surface area contributed by atoms with Gasteiger partial charge in [-0.05, 0) is 51.3 Å². The molecule has 1 aliphatic rings. The van der Waals surface area contributed by atoms with Crippen molar-refractivity contribution in [2.24, 2.45) is 0 Å². The molecule has 1 aromatic carbocycles. The van der Waals surface area contributed by atoms with Crippen LogP contribution < -0.4 is 0 Å². The van der Waals surface area contributed by atoms with Gasteiger partial charge in [-0.1, -0.05) is 18.2 Å². The Morgan fingerprint density at radius 2 is 1.95 bits per heavy atom. The van der Waals surface area contributed by atoms with E-state index in [2.05, 4.69) is 6.58 Å². The maximum Gasteiger partial charge on any atom is 0.411 e. The lowest BCUT2D eigenvalue weighted by Gasteiger charge is -2.31. The van der Waals surface area contributed by atoms with E-state index in [0.29, 0.717) is 0 Å². The quantitative estimate of drug-likeness (QED) is 0.753. The second-order valence-corrected chi connectivity index (χ2v) is 6.34. The van der Waals surface area contributed by atoms with Gasteiger partial charge in [0.1, 0.15) is 11.4 Å². The van der Waals surface area contributed by atoms with Crippen molar-refractivity contribution >= 4 is 6.09 Å². The Bertz CT molecular complexity index is 519. The van der Waals surface area contributed by atoms with Crippen molar-refractivity contribution in [1.82, 2.24) is 4.90 Å². The summed E-state index contributed by atoms with van der Waals surface area (Å²) < 4.78 is 18.6. The molecule has 21 heavy (non-hydrogen) atoms. The molecule has 0 aromatic heterocycles. The Labute approximate surface area is 125 Å². The minimum atomic E-state index is -0.543. The van der Waals surface area contributed by atoms with Crippen LogP contribution in [0.4, 0.5) is 9.18 Å². The van der Waals surface area contributed by atoms with E-state index in [1.807, 2.05) is 20.8 Å². The summed E-state index contributed by atoms with van der Waals surface area (Å²) in [5, 5.41) is 0. The van der Waals surface area contributed by atoms with Crippen LogP contribution in [0.25, 0.3) is 0 Å². The lowest BCUT2D eigenvalue weighted by atomic mass is 10.0. The minimum Gasteiger partial charge on any atom is -0.444 e. The summed E-state index contributed by atoms with van der Waals surface area (Å²) in [6, 6.07) is 6.15. The van der Waals surface area contributed by atoms with Crippen LogP contribution in [0, 0.1) is 5.82 Å². The lowest BCUT2D eigenvalue weighted by Crippen LogP contribution is -2.40. The summed E-state index contributed by atoms with van der Waals surface area (Å²) in [5.41, 5.74) is 0.380. The average molecular weight is 291 g/mol. The van der Waals surface area contributed by atoms with Gasteiger partial charge in [0, 0.05) is 0 Å². The van der Waals surface area contributed by atoms with E-state index in [0.717, 1.165) is 18.4 Å². The molecule has 1 amide bonds. The maximum absolute atomic E-state index is 13.1. The van der Waals surface area contributed by atoms with Crippen LogP contribution in [-0.4, -0.2) is 22.6 Å². The second-order valence-electron chi connectivity index (χ2n) is 6.34. The fraction of sp³-hybridized carbons (Fsp3) is 0.471. The summed E-state index contributed by atoms with van der Waals surface area (Å²) in [6.45, 7) is 9.34. The molecule has 2 atom stereocenters. The number of carbonyl (C=O) groups is 1. The zero-order chi connectivity index (χ0) is 15.6. The SMILES string of the molecule is C=CC1CCC(c2ccc(F)cc2)N1C(=O)OC(C)(C)C. The Balaban J connectivity index is 2.25. The minimum absolute atomic E-state index is 0.0464. The van der Waals surface area contributed by atoms with E-state index < -0.39 is 5.60 Å². The topological polar surface area (TPSA) is 29.5 Å². The van der Waals surface area contributed by atoms with Crippen LogP contribution in [0.15, 0.2) is 36.9 Å². The zero-order valence-corrected chi connectivity index (χ0v) is 12.8. The van der Waals surface area contributed by atoms with Gasteiger partial charge >= 0.3 is 6.09 Å². The van der Waals surface area contributed by atoms with Gasteiger partial charge in [-0.3, -0.25) is 4.90 Å². The lowest BCUT2D eigenvalue weighted by molar-refractivity contribution is 0.0178. The molecule has 114 valence electrons. The predicted molar refractivity (Wildman–Crippen MR) is 80.4 cm³/mol. The van der Waals surface area contributed by atoms with Gasteiger partial charge in [0.05, 0.1) is 12.1 Å². The van der Waals surface area contributed by atoms with Crippen molar-refractivity contribution in [3.8, 4) is 0 Å². The number of amides is 1. The molecule has 1 fully saturated rings. The number of hydrogen-bond acceptors (Lipinski definition) is 2. The first-order valence-corrected chi connectivity index (χ1v) is 7.21. The Hall–Kier alpha value is -1.84. The molecule has 1 heterocycles. The van der Waals surface area contributed by atoms with E-state index in [9.17, 15) is 9.18 Å². The van der Waals surface area contributed by atoms with Crippen molar-refractivity contribution in [3.05, 3.63) is 48.3 Å². The smallest absolute Gasteiger partial charge is 0.411 e. The third-order valence-corrected chi connectivity index (χ3v) is 3.56. The number of benzene rings is 1. The average Bonchev–Trinajstić information content (AvgIpc) is 2.81. The number of halogens is 1. The van der Waals surface area contributed by atoms with Gasteiger partial charge in [-0.2, -0.15) is 0 Å². The third-order valence-electron chi connectivity index (χ3n) is 3.56. The highest BCUT2D eigenvalue weighted by atomic mass is 19.1. The van der Waals surface area contributed by atoms with E-state index in [4.69, 9.17) is 4.74 Å². The first-order valence-electron chi connectivity index (χ1n) is 7.21. The normalized spacial score (nSPS) is 22.2. The molecule has 1 aliphatic heterocycles. The number of hydrogen-bond donors (Lipinski definition) is 0. The van der Waals surface area contributed by atoms with Crippen LogP contribution in [-0.2, 0) is 4.74 Å². The molecule has 1 aromatic rings. The highest BCUT2D eigenvalue weighted by Crippen LogP contribution is 2.37. The molecule has 3 nitrogen and oxygen atoms in total. The van der Waals surface area contributed by atoms with Gasteiger partial charge < -0.3 is 4.74 Å². The molecular weight excluding hydrogens is 269 g/mol. The molecule has 4 heteroatoms. The summed E-state index contributed by atoms with van der Waals surface area (Å²) in [5.74, 6) is -0.277. The first-order chi connectivity index (χ1) is 9.81. The van der Waals surface area contributed by atoms with Crippen LogP contribution in [0.3, 0.4) is 0 Å². The first kappa shape index (κ1) is 15.5. The van der Waals surface area contributed by atoms with Gasteiger partial charge in [-0.15, -0.1) is 6.58 Å². The molecule has 2 unspecified atom stereocenters.